The van der Waals surface area contributed by atoms with Crippen LogP contribution in [0.4, 0.5) is 14.9 Å². The molecule has 1 N–H and O–H groups in total. The Morgan fingerprint density at radius 2 is 2.37 bits per heavy atom. The SMILES string of the molecule is CC(=O)NC[C@H]1CN(c2cccc(F)c2I)C(=O)O1. The van der Waals surface area contributed by atoms with E-state index in [9.17, 15) is 14.0 Å². The maximum atomic E-state index is 13.5. The van der Waals surface area contributed by atoms with Crippen molar-refractivity contribution in [3.8, 4) is 0 Å². The second-order valence-corrected chi connectivity index (χ2v) is 5.21. The minimum Gasteiger partial charge on any atom is -0.442 e. The van der Waals surface area contributed by atoms with Gasteiger partial charge in [-0.3, -0.25) is 9.69 Å². The van der Waals surface area contributed by atoms with Crippen molar-refractivity contribution in [2.24, 2.45) is 0 Å². The lowest BCUT2D eigenvalue weighted by atomic mass is 10.2. The highest BCUT2D eigenvalue weighted by Crippen LogP contribution is 2.28. The van der Waals surface area contributed by atoms with E-state index in [0.29, 0.717) is 15.8 Å². The van der Waals surface area contributed by atoms with Crippen molar-refractivity contribution in [3.05, 3.63) is 27.6 Å². The van der Waals surface area contributed by atoms with Gasteiger partial charge in [0.25, 0.3) is 0 Å². The first-order chi connectivity index (χ1) is 8.99. The zero-order chi connectivity index (χ0) is 14.0. The number of rotatable bonds is 3. The van der Waals surface area contributed by atoms with E-state index in [-0.39, 0.29) is 18.3 Å². The van der Waals surface area contributed by atoms with Crippen LogP contribution >= 0.6 is 22.6 Å². The summed E-state index contributed by atoms with van der Waals surface area (Å²) in [6, 6.07) is 4.54. The average Bonchev–Trinajstić information content (AvgIpc) is 2.71. The second-order valence-electron chi connectivity index (χ2n) is 4.13. The van der Waals surface area contributed by atoms with E-state index in [2.05, 4.69) is 5.32 Å². The topological polar surface area (TPSA) is 58.6 Å². The number of halogens is 2. The van der Waals surface area contributed by atoms with Gasteiger partial charge < -0.3 is 10.1 Å². The summed E-state index contributed by atoms with van der Waals surface area (Å²) in [5.41, 5.74) is 0.482. The van der Waals surface area contributed by atoms with E-state index >= 15 is 0 Å². The molecular weight excluding hydrogens is 366 g/mol. The summed E-state index contributed by atoms with van der Waals surface area (Å²) in [7, 11) is 0. The molecule has 1 aliphatic rings. The third-order valence-corrected chi connectivity index (χ3v) is 3.74. The van der Waals surface area contributed by atoms with Gasteiger partial charge in [0.1, 0.15) is 11.9 Å². The van der Waals surface area contributed by atoms with Crippen molar-refractivity contribution in [2.45, 2.75) is 13.0 Å². The lowest BCUT2D eigenvalue weighted by Crippen LogP contribution is -2.33. The number of hydrogen-bond donors (Lipinski definition) is 1. The van der Waals surface area contributed by atoms with E-state index in [1.165, 1.54) is 17.9 Å². The summed E-state index contributed by atoms with van der Waals surface area (Å²) in [6.07, 6.45) is -0.950. The fraction of sp³-hybridized carbons (Fsp3) is 0.333. The van der Waals surface area contributed by atoms with Gasteiger partial charge in [-0.05, 0) is 34.7 Å². The number of nitrogens with one attached hydrogen (secondary N) is 1. The van der Waals surface area contributed by atoms with Gasteiger partial charge in [-0.1, -0.05) is 6.07 Å². The molecule has 1 atom stereocenters. The molecule has 0 radical (unpaired) electrons. The predicted octanol–water partition coefficient (Wildman–Crippen LogP) is 1.89. The first-order valence-electron chi connectivity index (χ1n) is 5.65. The zero-order valence-electron chi connectivity index (χ0n) is 10.2. The van der Waals surface area contributed by atoms with Crippen LogP contribution in [0.25, 0.3) is 0 Å². The normalized spacial score (nSPS) is 18.4. The molecule has 1 saturated heterocycles. The Labute approximate surface area is 123 Å². The van der Waals surface area contributed by atoms with Crippen molar-refractivity contribution in [3.63, 3.8) is 0 Å². The number of nitrogens with zero attached hydrogens (tertiary/aromatic N) is 1. The Hall–Kier alpha value is -1.38. The Balaban J connectivity index is 2.11. The van der Waals surface area contributed by atoms with Crippen LogP contribution in [0.5, 0.6) is 0 Å². The summed E-state index contributed by atoms with van der Waals surface area (Å²) in [4.78, 5) is 23.9. The van der Waals surface area contributed by atoms with Gasteiger partial charge in [0.2, 0.25) is 5.91 Å². The minimum atomic E-state index is -0.529. The van der Waals surface area contributed by atoms with Crippen molar-refractivity contribution in [1.29, 1.82) is 0 Å². The van der Waals surface area contributed by atoms with Crippen LogP contribution < -0.4 is 10.2 Å². The first kappa shape index (κ1) is 14.0. The van der Waals surface area contributed by atoms with Crippen molar-refractivity contribution in [2.75, 3.05) is 18.0 Å². The van der Waals surface area contributed by atoms with E-state index in [4.69, 9.17) is 4.74 Å². The average molecular weight is 378 g/mol. The number of amides is 2. The molecule has 0 bridgehead atoms. The van der Waals surface area contributed by atoms with Gasteiger partial charge in [-0.15, -0.1) is 0 Å². The Kier molecular flexibility index (Phi) is 4.23. The molecule has 0 aliphatic carbocycles. The highest BCUT2D eigenvalue weighted by Gasteiger charge is 2.33. The van der Waals surface area contributed by atoms with Crippen LogP contribution in [0.2, 0.25) is 0 Å². The van der Waals surface area contributed by atoms with E-state index in [1.54, 1.807) is 12.1 Å². The molecule has 1 aromatic rings. The number of ether oxygens (including phenoxy) is 1. The molecule has 0 saturated carbocycles. The molecule has 2 amide bonds. The molecule has 2 rings (SSSR count). The molecule has 19 heavy (non-hydrogen) atoms. The third-order valence-electron chi connectivity index (χ3n) is 2.67. The quantitative estimate of drug-likeness (QED) is 0.818. The monoisotopic (exact) mass is 378 g/mol. The van der Waals surface area contributed by atoms with E-state index in [1.807, 2.05) is 22.6 Å². The van der Waals surface area contributed by atoms with Gasteiger partial charge in [0.05, 0.1) is 22.3 Å². The maximum Gasteiger partial charge on any atom is 0.414 e. The lowest BCUT2D eigenvalue weighted by Gasteiger charge is -2.15. The molecule has 1 aliphatic heterocycles. The van der Waals surface area contributed by atoms with Crippen LogP contribution in [0.1, 0.15) is 6.92 Å². The Morgan fingerprint density at radius 1 is 1.63 bits per heavy atom. The fourth-order valence-corrected chi connectivity index (χ4v) is 2.43. The van der Waals surface area contributed by atoms with Gasteiger partial charge in [0, 0.05) is 6.92 Å². The molecule has 1 fully saturated rings. The fourth-order valence-electron chi connectivity index (χ4n) is 1.78. The summed E-state index contributed by atoms with van der Waals surface area (Å²) in [5, 5.41) is 2.59. The molecule has 5 nitrogen and oxygen atoms in total. The molecular formula is C12H12FIN2O3. The Bertz CT molecular complexity index is 524. The Morgan fingerprint density at radius 3 is 3.05 bits per heavy atom. The standard InChI is InChI=1S/C12H12FIN2O3/c1-7(17)15-5-8-6-16(12(18)19-8)10-4-2-3-9(13)11(10)14/h2-4,8H,5-6H2,1H3,(H,15,17)/t8-/m0/s1. The van der Waals surface area contributed by atoms with Crippen LogP contribution in [-0.4, -0.2) is 31.2 Å². The lowest BCUT2D eigenvalue weighted by molar-refractivity contribution is -0.119. The second kappa shape index (κ2) is 5.72. The van der Waals surface area contributed by atoms with Crippen LogP contribution in [0.15, 0.2) is 18.2 Å². The molecule has 0 unspecified atom stereocenters. The van der Waals surface area contributed by atoms with E-state index in [0.717, 1.165) is 0 Å². The summed E-state index contributed by atoms with van der Waals surface area (Å²) in [6.45, 7) is 1.94. The highest BCUT2D eigenvalue weighted by molar-refractivity contribution is 14.1. The molecule has 102 valence electrons. The molecule has 7 heteroatoms. The summed E-state index contributed by atoms with van der Waals surface area (Å²) < 4.78 is 19.0. The van der Waals surface area contributed by atoms with Gasteiger partial charge in [-0.25, -0.2) is 9.18 Å². The van der Waals surface area contributed by atoms with Crippen LogP contribution in [-0.2, 0) is 9.53 Å². The van der Waals surface area contributed by atoms with Gasteiger partial charge >= 0.3 is 6.09 Å². The largest absolute Gasteiger partial charge is 0.442 e. The summed E-state index contributed by atoms with van der Waals surface area (Å²) >= 11 is 1.85. The highest BCUT2D eigenvalue weighted by atomic mass is 127. The number of benzene rings is 1. The summed E-state index contributed by atoms with van der Waals surface area (Å²) in [5.74, 6) is -0.564. The number of hydrogen-bond acceptors (Lipinski definition) is 3. The van der Waals surface area contributed by atoms with Crippen LogP contribution in [0.3, 0.4) is 0 Å². The molecule has 0 aromatic heterocycles. The molecule has 1 heterocycles. The predicted molar refractivity (Wildman–Crippen MR) is 75.4 cm³/mol. The number of cyclic esters (lactones) is 1. The number of anilines is 1. The van der Waals surface area contributed by atoms with Crippen molar-refractivity contribution in [1.82, 2.24) is 5.32 Å². The number of carbonyl (C=O) groups is 2. The van der Waals surface area contributed by atoms with Crippen molar-refractivity contribution >= 4 is 40.3 Å². The minimum absolute atomic E-state index is 0.185. The van der Waals surface area contributed by atoms with Crippen LogP contribution in [0, 0.1) is 9.39 Å². The third kappa shape index (κ3) is 3.14. The first-order valence-corrected chi connectivity index (χ1v) is 6.73. The molecule has 0 spiro atoms. The smallest absolute Gasteiger partial charge is 0.414 e. The maximum absolute atomic E-state index is 13.5. The van der Waals surface area contributed by atoms with Crippen molar-refractivity contribution < 1.29 is 18.7 Å². The van der Waals surface area contributed by atoms with Gasteiger partial charge in [0.15, 0.2) is 0 Å². The zero-order valence-corrected chi connectivity index (χ0v) is 12.3. The molecule has 1 aromatic carbocycles. The van der Waals surface area contributed by atoms with Gasteiger partial charge in [-0.2, -0.15) is 0 Å². The van der Waals surface area contributed by atoms with E-state index < -0.39 is 12.2 Å². The number of carbonyl (C=O) groups excluding carboxylic acids is 2.